The molecule has 2 rings (SSSR count). The van der Waals surface area contributed by atoms with Crippen LogP contribution >= 0.6 is 0 Å². The van der Waals surface area contributed by atoms with Gasteiger partial charge in [0.1, 0.15) is 17.6 Å². The van der Waals surface area contributed by atoms with Gasteiger partial charge in [-0.25, -0.2) is 9.37 Å². The molecule has 1 aromatic heterocycles. The summed E-state index contributed by atoms with van der Waals surface area (Å²) in [7, 11) is 1.74. The Kier molecular flexibility index (Phi) is 3.01. The lowest BCUT2D eigenvalue weighted by molar-refractivity contribution is 0.627. The number of hydrogen-bond acceptors (Lipinski definition) is 3. The minimum Gasteiger partial charge on any atom is -0.342 e. The highest BCUT2D eigenvalue weighted by Crippen LogP contribution is 2.25. The number of hydrogen-bond donors (Lipinski definition) is 0. The van der Waals surface area contributed by atoms with E-state index in [2.05, 4.69) is 4.98 Å². The summed E-state index contributed by atoms with van der Waals surface area (Å²) in [5, 5.41) is 8.76. The highest BCUT2D eigenvalue weighted by Gasteiger charge is 2.09. The van der Waals surface area contributed by atoms with Gasteiger partial charge in [0.25, 0.3) is 0 Å². The number of benzene rings is 1. The summed E-state index contributed by atoms with van der Waals surface area (Å²) in [5.74, 6) is -0.301. The van der Waals surface area contributed by atoms with Crippen molar-refractivity contribution in [3.8, 4) is 6.07 Å². The van der Waals surface area contributed by atoms with Gasteiger partial charge in [0.05, 0.1) is 5.69 Å². The monoisotopic (exact) mass is 227 g/mol. The van der Waals surface area contributed by atoms with Gasteiger partial charge in [0, 0.05) is 18.9 Å². The van der Waals surface area contributed by atoms with E-state index in [-0.39, 0.29) is 5.82 Å². The summed E-state index contributed by atoms with van der Waals surface area (Å²) in [6, 6.07) is 11.8. The van der Waals surface area contributed by atoms with E-state index in [4.69, 9.17) is 5.26 Å². The standard InChI is InChI=1S/C13H10FN3/c1-17(13-5-3-2-4-12(13)14)11-6-7-16-10(8-11)9-15/h2-8H,1H3. The molecule has 0 bridgehead atoms. The highest BCUT2D eigenvalue weighted by atomic mass is 19.1. The van der Waals surface area contributed by atoms with E-state index in [1.165, 1.54) is 12.3 Å². The molecule has 4 heteroatoms. The minimum atomic E-state index is -0.301. The fraction of sp³-hybridized carbons (Fsp3) is 0.0769. The Labute approximate surface area is 98.8 Å². The molecule has 0 saturated heterocycles. The van der Waals surface area contributed by atoms with Crippen molar-refractivity contribution in [2.75, 3.05) is 11.9 Å². The molecule has 0 atom stereocenters. The molecule has 84 valence electrons. The zero-order chi connectivity index (χ0) is 12.3. The molecule has 1 heterocycles. The highest BCUT2D eigenvalue weighted by molar-refractivity contribution is 5.63. The lowest BCUT2D eigenvalue weighted by Gasteiger charge is -2.19. The zero-order valence-corrected chi connectivity index (χ0v) is 9.26. The van der Waals surface area contributed by atoms with Crippen LogP contribution in [0.4, 0.5) is 15.8 Å². The number of para-hydroxylation sites is 1. The number of rotatable bonds is 2. The van der Waals surface area contributed by atoms with Gasteiger partial charge >= 0.3 is 0 Å². The molecule has 0 amide bonds. The van der Waals surface area contributed by atoms with Crippen molar-refractivity contribution in [1.29, 1.82) is 5.26 Å². The maximum absolute atomic E-state index is 13.6. The lowest BCUT2D eigenvalue weighted by atomic mass is 10.2. The van der Waals surface area contributed by atoms with E-state index in [0.29, 0.717) is 11.4 Å². The summed E-state index contributed by atoms with van der Waals surface area (Å²) >= 11 is 0. The van der Waals surface area contributed by atoms with Gasteiger partial charge in [-0.1, -0.05) is 12.1 Å². The Balaban J connectivity index is 2.41. The zero-order valence-electron chi connectivity index (χ0n) is 9.26. The van der Waals surface area contributed by atoms with E-state index in [9.17, 15) is 4.39 Å². The molecule has 0 unspecified atom stereocenters. The molecular weight excluding hydrogens is 217 g/mol. The maximum atomic E-state index is 13.6. The molecule has 0 fully saturated rings. The fourth-order valence-corrected chi connectivity index (χ4v) is 1.55. The van der Waals surface area contributed by atoms with Gasteiger partial charge in [-0.15, -0.1) is 0 Å². The Bertz CT molecular complexity index is 575. The van der Waals surface area contributed by atoms with E-state index in [1.54, 1.807) is 42.3 Å². The predicted molar refractivity (Wildman–Crippen MR) is 63.4 cm³/mol. The summed E-state index contributed by atoms with van der Waals surface area (Å²) in [6.45, 7) is 0. The summed E-state index contributed by atoms with van der Waals surface area (Å²) in [5.41, 5.74) is 1.50. The number of anilines is 2. The van der Waals surface area contributed by atoms with Gasteiger partial charge in [-0.05, 0) is 24.3 Å². The van der Waals surface area contributed by atoms with Crippen molar-refractivity contribution < 1.29 is 4.39 Å². The molecule has 0 aliphatic carbocycles. The topological polar surface area (TPSA) is 39.9 Å². The second kappa shape index (κ2) is 4.62. The molecule has 0 saturated carbocycles. The number of nitrogens with zero attached hydrogens (tertiary/aromatic N) is 3. The van der Waals surface area contributed by atoms with E-state index < -0.39 is 0 Å². The number of nitriles is 1. The molecule has 3 nitrogen and oxygen atoms in total. The average Bonchev–Trinajstić information content (AvgIpc) is 2.38. The third kappa shape index (κ3) is 2.23. The first-order valence-electron chi connectivity index (χ1n) is 5.07. The molecule has 1 aromatic carbocycles. The van der Waals surface area contributed by atoms with Crippen LogP contribution in [0.2, 0.25) is 0 Å². The van der Waals surface area contributed by atoms with E-state index in [1.807, 2.05) is 6.07 Å². The van der Waals surface area contributed by atoms with Gasteiger partial charge in [0.15, 0.2) is 0 Å². The van der Waals surface area contributed by atoms with Crippen LogP contribution in [0, 0.1) is 17.1 Å². The summed E-state index contributed by atoms with van der Waals surface area (Å²) in [4.78, 5) is 5.55. The quantitative estimate of drug-likeness (QED) is 0.792. The second-order valence-electron chi connectivity index (χ2n) is 3.52. The van der Waals surface area contributed by atoms with E-state index in [0.717, 1.165) is 5.69 Å². The molecule has 17 heavy (non-hydrogen) atoms. The van der Waals surface area contributed by atoms with Crippen LogP contribution in [0.3, 0.4) is 0 Å². The first-order valence-corrected chi connectivity index (χ1v) is 5.07. The summed E-state index contributed by atoms with van der Waals surface area (Å²) < 4.78 is 13.6. The normalized spacial score (nSPS) is 9.71. The van der Waals surface area contributed by atoms with Crippen molar-refractivity contribution in [2.45, 2.75) is 0 Å². The fourth-order valence-electron chi connectivity index (χ4n) is 1.55. The minimum absolute atomic E-state index is 0.301. The van der Waals surface area contributed by atoms with Crippen LogP contribution in [0.5, 0.6) is 0 Å². The molecule has 0 N–H and O–H groups in total. The van der Waals surface area contributed by atoms with Crippen molar-refractivity contribution in [3.63, 3.8) is 0 Å². The SMILES string of the molecule is CN(c1ccnc(C#N)c1)c1ccccc1F. The maximum Gasteiger partial charge on any atom is 0.146 e. The molecule has 2 aromatic rings. The molecular formula is C13H10FN3. The van der Waals surface area contributed by atoms with Crippen molar-refractivity contribution in [1.82, 2.24) is 4.98 Å². The Hall–Kier alpha value is -2.41. The van der Waals surface area contributed by atoms with Gasteiger partial charge in [0.2, 0.25) is 0 Å². The smallest absolute Gasteiger partial charge is 0.146 e. The molecule has 0 radical (unpaired) electrons. The summed E-state index contributed by atoms with van der Waals surface area (Å²) in [6.07, 6.45) is 1.53. The Morgan fingerprint density at radius 2 is 2.06 bits per heavy atom. The number of aromatic nitrogens is 1. The van der Waals surface area contributed by atoms with Crippen molar-refractivity contribution in [3.05, 3.63) is 54.1 Å². The third-order valence-electron chi connectivity index (χ3n) is 2.46. The van der Waals surface area contributed by atoms with Crippen molar-refractivity contribution >= 4 is 11.4 Å². The second-order valence-corrected chi connectivity index (χ2v) is 3.52. The van der Waals surface area contributed by atoms with Crippen LogP contribution < -0.4 is 4.90 Å². The lowest BCUT2D eigenvalue weighted by Crippen LogP contribution is -2.11. The van der Waals surface area contributed by atoms with Crippen LogP contribution in [0.1, 0.15) is 5.69 Å². The van der Waals surface area contributed by atoms with Crippen LogP contribution in [-0.2, 0) is 0 Å². The Morgan fingerprint density at radius 1 is 1.29 bits per heavy atom. The van der Waals surface area contributed by atoms with Gasteiger partial charge < -0.3 is 4.90 Å². The first-order chi connectivity index (χ1) is 8.22. The molecule has 0 aliphatic heterocycles. The van der Waals surface area contributed by atoms with Crippen LogP contribution in [0.15, 0.2) is 42.6 Å². The van der Waals surface area contributed by atoms with Gasteiger partial charge in [-0.3, -0.25) is 0 Å². The number of halogens is 1. The molecule has 0 spiro atoms. The molecule has 0 aliphatic rings. The third-order valence-corrected chi connectivity index (χ3v) is 2.46. The van der Waals surface area contributed by atoms with Crippen molar-refractivity contribution in [2.24, 2.45) is 0 Å². The van der Waals surface area contributed by atoms with Crippen LogP contribution in [-0.4, -0.2) is 12.0 Å². The predicted octanol–water partition coefficient (Wildman–Crippen LogP) is 2.86. The van der Waals surface area contributed by atoms with E-state index >= 15 is 0 Å². The first kappa shape index (κ1) is 11.1. The number of pyridine rings is 1. The van der Waals surface area contributed by atoms with Crippen LogP contribution in [0.25, 0.3) is 0 Å². The Morgan fingerprint density at radius 3 is 2.76 bits per heavy atom. The average molecular weight is 227 g/mol. The van der Waals surface area contributed by atoms with Gasteiger partial charge in [-0.2, -0.15) is 5.26 Å². The largest absolute Gasteiger partial charge is 0.342 e.